The smallest absolute Gasteiger partial charge is 0.217 e. The lowest BCUT2D eigenvalue weighted by molar-refractivity contribution is 0.563. The van der Waals surface area contributed by atoms with Crippen LogP contribution in [0.3, 0.4) is 0 Å². The summed E-state index contributed by atoms with van der Waals surface area (Å²) in [7, 11) is 0. The van der Waals surface area contributed by atoms with E-state index in [0.29, 0.717) is 12.1 Å². The second-order valence-corrected chi connectivity index (χ2v) is 2.72. The van der Waals surface area contributed by atoms with Gasteiger partial charge in [-0.25, -0.2) is 9.82 Å². The van der Waals surface area contributed by atoms with Crippen molar-refractivity contribution in [1.29, 1.82) is 0 Å². The zero-order valence-electron chi connectivity index (χ0n) is 6.77. The SMILES string of the molecule is CCc1cnc(F)c(CNCl)c1. The summed E-state index contributed by atoms with van der Waals surface area (Å²) in [6.45, 7) is 2.29. The molecule has 12 heavy (non-hydrogen) atoms. The number of aromatic nitrogens is 1. The van der Waals surface area contributed by atoms with Crippen LogP contribution >= 0.6 is 11.8 Å². The summed E-state index contributed by atoms with van der Waals surface area (Å²) >= 11 is 5.26. The van der Waals surface area contributed by atoms with Crippen molar-refractivity contribution in [2.45, 2.75) is 19.9 Å². The highest BCUT2D eigenvalue weighted by Crippen LogP contribution is 2.07. The predicted molar refractivity (Wildman–Crippen MR) is 46.3 cm³/mol. The maximum absolute atomic E-state index is 12.9. The molecule has 0 saturated carbocycles. The Labute approximate surface area is 75.9 Å². The molecule has 0 aliphatic carbocycles. The van der Waals surface area contributed by atoms with Crippen LogP contribution in [0.5, 0.6) is 0 Å². The molecule has 1 rings (SSSR count). The second-order valence-electron chi connectivity index (χ2n) is 2.46. The number of halogens is 2. The van der Waals surface area contributed by atoms with Crippen LogP contribution in [-0.2, 0) is 13.0 Å². The molecule has 0 spiro atoms. The van der Waals surface area contributed by atoms with E-state index in [1.165, 1.54) is 6.20 Å². The van der Waals surface area contributed by atoms with E-state index in [-0.39, 0.29) is 0 Å². The molecule has 0 aromatic carbocycles. The van der Waals surface area contributed by atoms with E-state index < -0.39 is 5.95 Å². The molecule has 0 aliphatic heterocycles. The molecule has 0 aliphatic rings. The van der Waals surface area contributed by atoms with E-state index in [9.17, 15) is 4.39 Å². The van der Waals surface area contributed by atoms with Gasteiger partial charge in [0, 0.05) is 18.3 Å². The molecule has 0 radical (unpaired) electrons. The lowest BCUT2D eigenvalue weighted by atomic mass is 10.1. The molecule has 1 N–H and O–H groups in total. The first-order chi connectivity index (χ1) is 5.77. The fourth-order valence-electron chi connectivity index (χ4n) is 0.932. The molecule has 0 fully saturated rings. The van der Waals surface area contributed by atoms with E-state index in [4.69, 9.17) is 11.8 Å². The van der Waals surface area contributed by atoms with Crippen LogP contribution < -0.4 is 4.84 Å². The van der Waals surface area contributed by atoms with Gasteiger partial charge >= 0.3 is 0 Å². The van der Waals surface area contributed by atoms with Crippen LogP contribution in [0, 0.1) is 5.95 Å². The van der Waals surface area contributed by atoms with Crippen molar-refractivity contribution >= 4 is 11.8 Å². The van der Waals surface area contributed by atoms with E-state index in [1.807, 2.05) is 6.92 Å². The van der Waals surface area contributed by atoms with Gasteiger partial charge in [-0.1, -0.05) is 6.92 Å². The summed E-state index contributed by atoms with van der Waals surface area (Å²) in [5, 5.41) is 0. The quantitative estimate of drug-likeness (QED) is 0.580. The Balaban J connectivity index is 2.91. The van der Waals surface area contributed by atoms with Crippen LogP contribution in [0.25, 0.3) is 0 Å². The largest absolute Gasteiger partial charge is 0.229 e. The number of nitrogens with one attached hydrogen (secondary N) is 1. The summed E-state index contributed by atoms with van der Waals surface area (Å²) in [4.78, 5) is 5.97. The van der Waals surface area contributed by atoms with Gasteiger partial charge < -0.3 is 0 Å². The maximum atomic E-state index is 12.9. The molecule has 0 unspecified atom stereocenters. The molecule has 66 valence electrons. The Bertz CT molecular complexity index is 265. The van der Waals surface area contributed by atoms with E-state index in [1.54, 1.807) is 6.07 Å². The van der Waals surface area contributed by atoms with Gasteiger partial charge in [0.2, 0.25) is 5.95 Å². The van der Waals surface area contributed by atoms with E-state index in [0.717, 1.165) is 12.0 Å². The molecule has 4 heteroatoms. The fraction of sp³-hybridized carbons (Fsp3) is 0.375. The molecular weight excluding hydrogens is 179 g/mol. The number of nitrogens with zero attached hydrogens (tertiary/aromatic N) is 1. The van der Waals surface area contributed by atoms with Gasteiger partial charge in [-0.15, -0.1) is 0 Å². The summed E-state index contributed by atoms with van der Waals surface area (Å²) < 4.78 is 12.9. The lowest BCUT2D eigenvalue weighted by Crippen LogP contribution is -2.03. The van der Waals surface area contributed by atoms with Crippen LogP contribution in [0.15, 0.2) is 12.3 Å². The molecule has 1 aromatic rings. The first kappa shape index (κ1) is 9.42. The van der Waals surface area contributed by atoms with Crippen LogP contribution in [0.1, 0.15) is 18.1 Å². The maximum Gasteiger partial charge on any atom is 0.217 e. The number of hydrogen-bond donors (Lipinski definition) is 1. The third-order valence-corrected chi connectivity index (χ3v) is 1.77. The normalized spacial score (nSPS) is 10.2. The highest BCUT2D eigenvalue weighted by Gasteiger charge is 2.02. The third-order valence-electron chi connectivity index (χ3n) is 1.63. The zero-order chi connectivity index (χ0) is 8.97. The molecule has 0 atom stereocenters. The number of aryl methyl sites for hydroxylation is 1. The molecular formula is C8H10ClFN2. The average molecular weight is 189 g/mol. The number of hydrogen-bond acceptors (Lipinski definition) is 2. The van der Waals surface area contributed by atoms with Gasteiger partial charge in [-0.3, -0.25) is 0 Å². The molecule has 1 aromatic heterocycles. The van der Waals surface area contributed by atoms with Gasteiger partial charge in [-0.05, 0) is 29.8 Å². The molecule has 1 heterocycles. The minimum absolute atomic E-state index is 0.300. The molecule has 0 amide bonds. The van der Waals surface area contributed by atoms with Crippen molar-refractivity contribution in [3.63, 3.8) is 0 Å². The van der Waals surface area contributed by atoms with Crippen molar-refractivity contribution in [3.05, 3.63) is 29.3 Å². The monoisotopic (exact) mass is 188 g/mol. The van der Waals surface area contributed by atoms with Crippen molar-refractivity contribution in [1.82, 2.24) is 9.82 Å². The van der Waals surface area contributed by atoms with Gasteiger partial charge in [0.05, 0.1) is 0 Å². The van der Waals surface area contributed by atoms with Crippen LogP contribution in [0.2, 0.25) is 0 Å². The highest BCUT2D eigenvalue weighted by atomic mass is 35.5. The first-order valence-electron chi connectivity index (χ1n) is 3.74. The molecule has 0 saturated heterocycles. The summed E-state index contributed by atoms with van der Waals surface area (Å²) in [5.41, 5.74) is 1.52. The first-order valence-corrected chi connectivity index (χ1v) is 4.12. The number of pyridine rings is 1. The predicted octanol–water partition coefficient (Wildman–Crippen LogP) is 2.03. The minimum Gasteiger partial charge on any atom is -0.229 e. The Morgan fingerprint density at radius 2 is 2.42 bits per heavy atom. The van der Waals surface area contributed by atoms with Crippen molar-refractivity contribution in [2.24, 2.45) is 0 Å². The van der Waals surface area contributed by atoms with Crippen molar-refractivity contribution in [2.75, 3.05) is 0 Å². The zero-order valence-corrected chi connectivity index (χ0v) is 7.53. The van der Waals surface area contributed by atoms with Gasteiger partial charge in [0.25, 0.3) is 0 Å². The Morgan fingerprint density at radius 3 is 3.00 bits per heavy atom. The molecule has 2 nitrogen and oxygen atoms in total. The van der Waals surface area contributed by atoms with Gasteiger partial charge in [0.15, 0.2) is 0 Å². The van der Waals surface area contributed by atoms with E-state index >= 15 is 0 Å². The van der Waals surface area contributed by atoms with Crippen molar-refractivity contribution < 1.29 is 4.39 Å². The fourth-order valence-corrected chi connectivity index (χ4v) is 1.08. The topological polar surface area (TPSA) is 24.9 Å². The summed E-state index contributed by atoms with van der Waals surface area (Å²) in [5.74, 6) is -0.458. The van der Waals surface area contributed by atoms with Crippen LogP contribution in [-0.4, -0.2) is 4.98 Å². The Kier molecular flexibility index (Phi) is 3.44. The average Bonchev–Trinajstić information content (AvgIpc) is 2.09. The van der Waals surface area contributed by atoms with Crippen LogP contribution in [0.4, 0.5) is 4.39 Å². The summed E-state index contributed by atoms with van der Waals surface area (Å²) in [6, 6.07) is 1.76. The Hall–Kier alpha value is -0.670. The Morgan fingerprint density at radius 1 is 1.67 bits per heavy atom. The highest BCUT2D eigenvalue weighted by molar-refractivity contribution is 6.13. The van der Waals surface area contributed by atoms with E-state index in [2.05, 4.69) is 9.82 Å². The lowest BCUT2D eigenvalue weighted by Gasteiger charge is -2.02. The standard InChI is InChI=1S/C8H10ClFN2/c1-2-6-3-7(5-12-9)8(10)11-4-6/h3-4,12H,2,5H2,1H3. The van der Waals surface area contributed by atoms with Gasteiger partial charge in [-0.2, -0.15) is 4.39 Å². The summed E-state index contributed by atoms with van der Waals surface area (Å²) in [6.07, 6.45) is 2.38. The minimum atomic E-state index is -0.458. The second kappa shape index (κ2) is 4.38. The van der Waals surface area contributed by atoms with Crippen molar-refractivity contribution in [3.8, 4) is 0 Å². The third kappa shape index (κ3) is 2.16. The van der Waals surface area contributed by atoms with Gasteiger partial charge in [0.1, 0.15) is 0 Å². The number of rotatable bonds is 3. The molecule has 0 bridgehead atoms.